The summed E-state index contributed by atoms with van der Waals surface area (Å²) >= 11 is 0. The topological polar surface area (TPSA) is 94.5 Å². The van der Waals surface area contributed by atoms with Gasteiger partial charge in [-0.2, -0.15) is 0 Å². The lowest BCUT2D eigenvalue weighted by Gasteiger charge is -2.25. The third-order valence-corrected chi connectivity index (χ3v) is 3.84. The van der Waals surface area contributed by atoms with E-state index in [-0.39, 0.29) is 26.4 Å². The van der Waals surface area contributed by atoms with Crippen LogP contribution in [0.3, 0.4) is 0 Å². The van der Waals surface area contributed by atoms with Crippen LogP contribution >= 0.6 is 0 Å². The van der Waals surface area contributed by atoms with Gasteiger partial charge in [-0.3, -0.25) is 4.79 Å². The number of aliphatic hydroxyl groups is 2. The number of esters is 1. The van der Waals surface area contributed by atoms with E-state index >= 15 is 0 Å². The second kappa shape index (κ2) is 13.3. The number of ether oxygens (including phenoxy) is 4. The molecule has 0 saturated heterocycles. The number of carbonyl (C=O) groups is 1. The van der Waals surface area contributed by atoms with Gasteiger partial charge in [0.2, 0.25) is 0 Å². The molecule has 0 aliphatic carbocycles. The van der Waals surface area contributed by atoms with Gasteiger partial charge < -0.3 is 29.2 Å². The van der Waals surface area contributed by atoms with Crippen LogP contribution in [0.2, 0.25) is 0 Å². The number of hydrogen-bond acceptors (Lipinski definition) is 7. The zero-order valence-corrected chi connectivity index (χ0v) is 17.6. The van der Waals surface area contributed by atoms with Gasteiger partial charge in [-0.25, -0.2) is 0 Å². The van der Waals surface area contributed by atoms with Crippen molar-refractivity contribution in [3.05, 3.63) is 35.9 Å². The van der Waals surface area contributed by atoms with Crippen LogP contribution in [-0.2, 0) is 30.3 Å². The third kappa shape index (κ3) is 11.0. The molecule has 29 heavy (non-hydrogen) atoms. The van der Waals surface area contributed by atoms with E-state index in [1.807, 2.05) is 30.3 Å². The zero-order valence-electron chi connectivity index (χ0n) is 17.6. The van der Waals surface area contributed by atoms with Crippen molar-refractivity contribution >= 4 is 5.97 Å². The second-order valence-electron chi connectivity index (χ2n) is 7.58. The number of benzene rings is 1. The number of carbonyl (C=O) groups excluding carboxylic acids is 1. The summed E-state index contributed by atoms with van der Waals surface area (Å²) in [5.41, 5.74) is 0.365. The van der Waals surface area contributed by atoms with Crippen molar-refractivity contribution in [3.63, 3.8) is 0 Å². The van der Waals surface area contributed by atoms with Crippen LogP contribution in [0.15, 0.2) is 30.3 Å². The van der Waals surface area contributed by atoms with Gasteiger partial charge >= 0.3 is 5.97 Å². The normalized spacial score (nSPS) is 14.4. The van der Waals surface area contributed by atoms with Gasteiger partial charge in [0.25, 0.3) is 0 Å². The summed E-state index contributed by atoms with van der Waals surface area (Å²) < 4.78 is 20.8. The molecule has 0 aliphatic rings. The third-order valence-electron chi connectivity index (χ3n) is 3.84. The lowest BCUT2D eigenvalue weighted by molar-refractivity contribution is -0.164. The average molecular weight is 408 g/mol. The molecule has 0 unspecified atom stereocenters. The first-order valence-electron chi connectivity index (χ1n) is 9.48. The molecule has 1 aromatic rings. The van der Waals surface area contributed by atoms with Crippen LogP contribution in [0.25, 0.3) is 0 Å². The SMILES string of the molecule is COCO[C@@H](C[C@@H](O)C#CCOCc1ccccc1)[C@H](O)COC(=O)C(C)(C)C. The van der Waals surface area contributed by atoms with Crippen LogP contribution in [0, 0.1) is 17.3 Å². The van der Waals surface area contributed by atoms with Gasteiger partial charge in [0.1, 0.15) is 32.2 Å². The maximum Gasteiger partial charge on any atom is 0.311 e. The van der Waals surface area contributed by atoms with E-state index in [1.54, 1.807) is 20.8 Å². The molecular formula is C22H32O7. The van der Waals surface area contributed by atoms with E-state index in [4.69, 9.17) is 18.9 Å². The summed E-state index contributed by atoms with van der Waals surface area (Å²) in [6.07, 6.45) is -2.94. The van der Waals surface area contributed by atoms with E-state index in [0.717, 1.165) is 5.56 Å². The van der Waals surface area contributed by atoms with E-state index in [9.17, 15) is 15.0 Å². The summed E-state index contributed by atoms with van der Waals surface area (Å²) in [5, 5.41) is 20.4. The summed E-state index contributed by atoms with van der Waals surface area (Å²) in [7, 11) is 1.45. The molecule has 0 radical (unpaired) electrons. The largest absolute Gasteiger partial charge is 0.462 e. The Labute approximate surface area is 172 Å². The highest BCUT2D eigenvalue weighted by Crippen LogP contribution is 2.16. The lowest BCUT2D eigenvalue weighted by Crippen LogP contribution is -2.38. The molecule has 0 saturated carbocycles. The molecule has 0 bridgehead atoms. The zero-order chi connectivity index (χ0) is 21.7. The highest BCUT2D eigenvalue weighted by Gasteiger charge is 2.28. The number of methoxy groups -OCH3 is 1. The van der Waals surface area contributed by atoms with Gasteiger partial charge in [-0.1, -0.05) is 42.2 Å². The molecule has 0 aromatic heterocycles. The van der Waals surface area contributed by atoms with Crippen LogP contribution in [0.4, 0.5) is 0 Å². The van der Waals surface area contributed by atoms with Crippen molar-refractivity contribution in [3.8, 4) is 11.8 Å². The molecule has 162 valence electrons. The maximum absolute atomic E-state index is 11.8. The number of aliphatic hydroxyl groups excluding tert-OH is 2. The Hall–Kier alpha value is -1.95. The van der Waals surface area contributed by atoms with Crippen molar-refractivity contribution in [2.45, 2.75) is 52.1 Å². The Kier molecular flexibility index (Phi) is 11.5. The number of hydrogen-bond donors (Lipinski definition) is 2. The lowest BCUT2D eigenvalue weighted by atomic mass is 9.97. The second-order valence-corrected chi connectivity index (χ2v) is 7.58. The fraction of sp³-hybridized carbons (Fsp3) is 0.591. The van der Waals surface area contributed by atoms with Crippen LogP contribution in [0.1, 0.15) is 32.8 Å². The smallest absolute Gasteiger partial charge is 0.311 e. The predicted octanol–water partition coefficient (Wildman–Crippen LogP) is 1.90. The first-order chi connectivity index (χ1) is 13.7. The molecule has 7 nitrogen and oxygen atoms in total. The maximum atomic E-state index is 11.8. The number of rotatable bonds is 11. The average Bonchev–Trinajstić information content (AvgIpc) is 2.68. The van der Waals surface area contributed by atoms with Crippen molar-refractivity contribution in [2.75, 3.05) is 27.1 Å². The molecule has 0 spiro atoms. The first kappa shape index (κ1) is 25.1. The highest BCUT2D eigenvalue weighted by atomic mass is 16.7. The van der Waals surface area contributed by atoms with Crippen molar-refractivity contribution < 1.29 is 34.0 Å². The van der Waals surface area contributed by atoms with Gasteiger partial charge in [0.15, 0.2) is 0 Å². The molecular weight excluding hydrogens is 376 g/mol. The minimum Gasteiger partial charge on any atom is -0.462 e. The molecule has 1 aromatic carbocycles. The minimum absolute atomic E-state index is 0.0310. The van der Waals surface area contributed by atoms with E-state index in [0.29, 0.717) is 6.61 Å². The van der Waals surface area contributed by atoms with Gasteiger partial charge in [0, 0.05) is 13.5 Å². The Bertz CT molecular complexity index is 643. The van der Waals surface area contributed by atoms with Crippen molar-refractivity contribution in [1.82, 2.24) is 0 Å². The first-order valence-corrected chi connectivity index (χ1v) is 9.48. The van der Waals surface area contributed by atoms with Crippen LogP contribution in [-0.4, -0.2) is 61.6 Å². The van der Waals surface area contributed by atoms with Crippen molar-refractivity contribution in [1.29, 1.82) is 0 Å². The molecule has 1 rings (SSSR count). The van der Waals surface area contributed by atoms with Crippen LogP contribution < -0.4 is 0 Å². The van der Waals surface area contributed by atoms with E-state index in [1.165, 1.54) is 7.11 Å². The molecule has 2 N–H and O–H groups in total. The Morgan fingerprint density at radius 2 is 1.86 bits per heavy atom. The van der Waals surface area contributed by atoms with Gasteiger partial charge in [-0.15, -0.1) is 0 Å². The van der Waals surface area contributed by atoms with E-state index in [2.05, 4.69) is 11.8 Å². The van der Waals surface area contributed by atoms with Gasteiger partial charge in [-0.05, 0) is 26.3 Å². The standard InChI is InChI=1S/C22H32O7/c1-22(2,3)21(25)28-15-19(24)20(29-16-26-4)13-18(23)11-8-12-27-14-17-9-6-5-7-10-17/h5-7,9-10,18-20,23-24H,12-16H2,1-4H3/t18-,19+,20-/m0/s1. The fourth-order valence-corrected chi connectivity index (χ4v) is 2.21. The Morgan fingerprint density at radius 3 is 2.48 bits per heavy atom. The fourth-order valence-electron chi connectivity index (χ4n) is 2.21. The molecule has 3 atom stereocenters. The summed E-state index contributed by atoms with van der Waals surface area (Å²) in [5.74, 6) is 4.98. The molecule has 0 aliphatic heterocycles. The molecule has 0 heterocycles. The summed E-state index contributed by atoms with van der Waals surface area (Å²) in [4.78, 5) is 11.8. The predicted molar refractivity (Wildman–Crippen MR) is 108 cm³/mol. The minimum atomic E-state index is -1.12. The van der Waals surface area contributed by atoms with Crippen LogP contribution in [0.5, 0.6) is 0 Å². The Balaban J connectivity index is 2.46. The van der Waals surface area contributed by atoms with Gasteiger partial charge in [0.05, 0.1) is 18.1 Å². The van der Waals surface area contributed by atoms with Crippen molar-refractivity contribution in [2.24, 2.45) is 5.41 Å². The quantitative estimate of drug-likeness (QED) is 0.250. The summed E-state index contributed by atoms with van der Waals surface area (Å²) in [6, 6.07) is 9.69. The molecule has 0 fully saturated rings. The molecule has 7 heteroatoms. The molecule has 0 amide bonds. The summed E-state index contributed by atoms with van der Waals surface area (Å²) in [6.45, 7) is 5.45. The monoisotopic (exact) mass is 408 g/mol. The van der Waals surface area contributed by atoms with E-state index < -0.39 is 29.7 Å². The highest BCUT2D eigenvalue weighted by molar-refractivity contribution is 5.75. The Morgan fingerprint density at radius 1 is 1.17 bits per heavy atom.